The van der Waals surface area contributed by atoms with E-state index in [-0.39, 0.29) is 10.6 Å². The zero-order chi connectivity index (χ0) is 15.2. The standard InChI is InChI=1S/C14H18N4O2S/c1-3-15-14-5-4-13(18(19)20)6-11(14)7-17(2)8-12-9-21-10-16-12/h4-6,9-10,15H,3,7-8H2,1-2H3. The van der Waals surface area contributed by atoms with Crippen LogP contribution >= 0.6 is 11.3 Å². The lowest BCUT2D eigenvalue weighted by Gasteiger charge is -2.18. The highest BCUT2D eigenvalue weighted by Gasteiger charge is 2.12. The van der Waals surface area contributed by atoms with Crippen LogP contribution in [0, 0.1) is 10.1 Å². The number of hydrogen-bond acceptors (Lipinski definition) is 6. The van der Waals surface area contributed by atoms with Crippen molar-refractivity contribution in [2.75, 3.05) is 18.9 Å². The maximum absolute atomic E-state index is 10.9. The molecule has 1 aromatic heterocycles. The lowest BCUT2D eigenvalue weighted by molar-refractivity contribution is -0.384. The van der Waals surface area contributed by atoms with Crippen LogP contribution in [0.15, 0.2) is 29.1 Å². The van der Waals surface area contributed by atoms with Gasteiger partial charge in [-0.15, -0.1) is 11.3 Å². The molecule has 0 amide bonds. The number of nitro benzene ring substituents is 1. The number of hydrogen-bond donors (Lipinski definition) is 1. The topological polar surface area (TPSA) is 71.3 Å². The van der Waals surface area contributed by atoms with Gasteiger partial charge in [0.05, 0.1) is 16.1 Å². The molecular weight excluding hydrogens is 288 g/mol. The summed E-state index contributed by atoms with van der Waals surface area (Å²) in [6.45, 7) is 4.13. The first-order valence-electron chi connectivity index (χ1n) is 6.67. The molecule has 0 fully saturated rings. The van der Waals surface area contributed by atoms with E-state index in [1.807, 2.05) is 19.4 Å². The number of thiazole rings is 1. The summed E-state index contributed by atoms with van der Waals surface area (Å²) in [7, 11) is 1.98. The van der Waals surface area contributed by atoms with E-state index in [4.69, 9.17) is 0 Å². The summed E-state index contributed by atoms with van der Waals surface area (Å²) in [5.41, 5.74) is 4.80. The monoisotopic (exact) mass is 306 g/mol. The zero-order valence-electron chi connectivity index (χ0n) is 12.1. The Morgan fingerprint density at radius 1 is 1.43 bits per heavy atom. The normalized spacial score (nSPS) is 10.8. The quantitative estimate of drug-likeness (QED) is 0.628. The van der Waals surface area contributed by atoms with E-state index in [1.54, 1.807) is 29.0 Å². The summed E-state index contributed by atoms with van der Waals surface area (Å²) < 4.78 is 0. The van der Waals surface area contributed by atoms with Crippen molar-refractivity contribution >= 4 is 22.7 Å². The van der Waals surface area contributed by atoms with Crippen molar-refractivity contribution in [3.05, 3.63) is 50.5 Å². The second-order valence-corrected chi connectivity index (χ2v) is 5.50. The minimum absolute atomic E-state index is 0.119. The molecule has 0 aliphatic carbocycles. The molecule has 0 radical (unpaired) electrons. The SMILES string of the molecule is CCNc1ccc([N+](=O)[O-])cc1CN(C)Cc1cscn1. The number of nitro groups is 1. The summed E-state index contributed by atoms with van der Waals surface area (Å²) in [4.78, 5) is 16.9. The number of rotatable bonds is 7. The van der Waals surface area contributed by atoms with Gasteiger partial charge in [0, 0.05) is 42.8 Å². The third-order valence-electron chi connectivity index (χ3n) is 3.02. The molecule has 0 unspecified atom stereocenters. The lowest BCUT2D eigenvalue weighted by atomic mass is 10.1. The summed E-state index contributed by atoms with van der Waals surface area (Å²) >= 11 is 1.57. The molecular formula is C14H18N4O2S. The Bertz CT molecular complexity index is 601. The highest BCUT2D eigenvalue weighted by atomic mass is 32.1. The van der Waals surface area contributed by atoms with Crippen LogP contribution in [0.4, 0.5) is 11.4 Å². The molecule has 0 saturated heterocycles. The van der Waals surface area contributed by atoms with Gasteiger partial charge in [-0.1, -0.05) is 0 Å². The lowest BCUT2D eigenvalue weighted by Crippen LogP contribution is -2.18. The first kappa shape index (κ1) is 15.4. The van der Waals surface area contributed by atoms with Gasteiger partial charge in [-0.05, 0) is 25.6 Å². The van der Waals surface area contributed by atoms with E-state index in [0.717, 1.165) is 30.0 Å². The molecule has 7 heteroatoms. The molecule has 0 atom stereocenters. The van der Waals surface area contributed by atoms with Crippen molar-refractivity contribution in [1.82, 2.24) is 9.88 Å². The maximum atomic E-state index is 10.9. The minimum atomic E-state index is -0.361. The van der Waals surface area contributed by atoms with Gasteiger partial charge >= 0.3 is 0 Å². The molecule has 6 nitrogen and oxygen atoms in total. The Balaban J connectivity index is 2.15. The third kappa shape index (κ3) is 4.24. The minimum Gasteiger partial charge on any atom is -0.385 e. The average Bonchev–Trinajstić information content (AvgIpc) is 2.93. The number of anilines is 1. The fraction of sp³-hybridized carbons (Fsp3) is 0.357. The summed E-state index contributed by atoms with van der Waals surface area (Å²) in [5, 5.41) is 16.2. The van der Waals surface area contributed by atoms with Gasteiger partial charge in [0.1, 0.15) is 0 Å². The Labute approximate surface area is 127 Å². The Kier molecular flexibility index (Phi) is 5.24. The van der Waals surface area contributed by atoms with Gasteiger partial charge in [-0.3, -0.25) is 15.0 Å². The molecule has 2 aromatic rings. The van der Waals surface area contributed by atoms with Crippen LogP contribution in [0.3, 0.4) is 0 Å². The molecule has 0 aliphatic heterocycles. The summed E-state index contributed by atoms with van der Waals surface area (Å²) in [6, 6.07) is 4.94. The van der Waals surface area contributed by atoms with Gasteiger partial charge in [0.25, 0.3) is 5.69 Å². The molecule has 0 saturated carbocycles. The van der Waals surface area contributed by atoms with Gasteiger partial charge in [-0.25, -0.2) is 4.98 Å². The van der Waals surface area contributed by atoms with Crippen LogP contribution in [0.1, 0.15) is 18.2 Å². The molecule has 1 N–H and O–H groups in total. The molecule has 1 heterocycles. The van der Waals surface area contributed by atoms with Crippen molar-refractivity contribution in [3.8, 4) is 0 Å². The van der Waals surface area contributed by atoms with E-state index in [1.165, 1.54) is 6.07 Å². The van der Waals surface area contributed by atoms with Crippen LogP contribution in [-0.4, -0.2) is 28.4 Å². The maximum Gasteiger partial charge on any atom is 0.269 e. The van der Waals surface area contributed by atoms with Crippen molar-refractivity contribution in [1.29, 1.82) is 0 Å². The number of nitrogens with zero attached hydrogens (tertiary/aromatic N) is 3. The number of aromatic nitrogens is 1. The Morgan fingerprint density at radius 2 is 2.24 bits per heavy atom. The van der Waals surface area contributed by atoms with Gasteiger partial charge in [0.15, 0.2) is 0 Å². The van der Waals surface area contributed by atoms with Crippen molar-refractivity contribution in [3.63, 3.8) is 0 Å². The third-order valence-corrected chi connectivity index (χ3v) is 3.66. The van der Waals surface area contributed by atoms with E-state index in [0.29, 0.717) is 6.54 Å². The van der Waals surface area contributed by atoms with E-state index >= 15 is 0 Å². The molecule has 1 aromatic carbocycles. The summed E-state index contributed by atoms with van der Waals surface area (Å²) in [6.07, 6.45) is 0. The number of non-ortho nitro benzene ring substituents is 1. The van der Waals surface area contributed by atoms with Crippen LogP contribution in [0.25, 0.3) is 0 Å². The van der Waals surface area contributed by atoms with Crippen LogP contribution in [-0.2, 0) is 13.1 Å². The molecule has 0 bridgehead atoms. The van der Waals surface area contributed by atoms with Crippen LogP contribution in [0.2, 0.25) is 0 Å². The molecule has 0 spiro atoms. The predicted octanol–water partition coefficient (Wildman–Crippen LogP) is 3.12. The van der Waals surface area contributed by atoms with Crippen LogP contribution in [0.5, 0.6) is 0 Å². The first-order chi connectivity index (χ1) is 10.1. The molecule has 2 rings (SSSR count). The van der Waals surface area contributed by atoms with Gasteiger partial charge in [-0.2, -0.15) is 0 Å². The molecule has 0 aliphatic rings. The van der Waals surface area contributed by atoms with E-state index < -0.39 is 0 Å². The van der Waals surface area contributed by atoms with Crippen molar-refractivity contribution in [2.24, 2.45) is 0 Å². The fourth-order valence-corrected chi connectivity index (χ4v) is 2.68. The van der Waals surface area contributed by atoms with Crippen molar-refractivity contribution < 1.29 is 4.92 Å². The predicted molar refractivity (Wildman–Crippen MR) is 84.5 cm³/mol. The Morgan fingerprint density at radius 3 is 2.86 bits per heavy atom. The average molecular weight is 306 g/mol. The largest absolute Gasteiger partial charge is 0.385 e. The highest BCUT2D eigenvalue weighted by molar-refractivity contribution is 7.07. The van der Waals surface area contributed by atoms with Crippen molar-refractivity contribution in [2.45, 2.75) is 20.0 Å². The second kappa shape index (κ2) is 7.14. The zero-order valence-corrected chi connectivity index (χ0v) is 12.9. The number of benzene rings is 1. The van der Waals surface area contributed by atoms with Gasteiger partial charge in [0.2, 0.25) is 0 Å². The Hall–Kier alpha value is -1.99. The second-order valence-electron chi connectivity index (χ2n) is 4.78. The fourth-order valence-electron chi connectivity index (χ4n) is 2.13. The smallest absolute Gasteiger partial charge is 0.269 e. The van der Waals surface area contributed by atoms with E-state index in [2.05, 4.69) is 15.2 Å². The van der Waals surface area contributed by atoms with Crippen LogP contribution < -0.4 is 5.32 Å². The highest BCUT2D eigenvalue weighted by Crippen LogP contribution is 2.23. The first-order valence-corrected chi connectivity index (χ1v) is 7.61. The summed E-state index contributed by atoms with van der Waals surface area (Å²) in [5.74, 6) is 0. The molecule has 21 heavy (non-hydrogen) atoms. The van der Waals surface area contributed by atoms with E-state index in [9.17, 15) is 10.1 Å². The number of nitrogens with one attached hydrogen (secondary N) is 1. The van der Waals surface area contributed by atoms with Gasteiger partial charge < -0.3 is 5.32 Å². The molecule has 112 valence electrons.